The van der Waals surface area contributed by atoms with Crippen LogP contribution in [0, 0.1) is 11.8 Å². The molecule has 0 radical (unpaired) electrons. The Kier molecular flexibility index (Phi) is 17.9. The summed E-state index contributed by atoms with van der Waals surface area (Å²) in [6.45, 7) is 12.5. The van der Waals surface area contributed by atoms with Crippen molar-refractivity contribution < 1.29 is 19.1 Å². The van der Waals surface area contributed by atoms with Crippen molar-refractivity contribution in [3.8, 4) is 0 Å². The maximum Gasteiger partial charge on any atom is 0.333 e. The Morgan fingerprint density at radius 3 is 1.13 bits per heavy atom. The van der Waals surface area contributed by atoms with E-state index in [1.54, 1.807) is 0 Å². The summed E-state index contributed by atoms with van der Waals surface area (Å²) in [6, 6.07) is 0. The van der Waals surface area contributed by atoms with E-state index in [0.29, 0.717) is 25.0 Å². The van der Waals surface area contributed by atoms with E-state index in [2.05, 4.69) is 48.6 Å². The summed E-state index contributed by atoms with van der Waals surface area (Å²) in [4.78, 5) is 23.1. The van der Waals surface area contributed by atoms with Crippen LogP contribution in [0.3, 0.4) is 0 Å². The molecule has 0 aliphatic heterocycles. The first kappa shape index (κ1) is 33.4. The average molecular weight is 525 g/mol. The SMILES string of the molecule is CC(C)=C(C)C(=O)OCCCCCCC1C=CC=C1.CC(C)=C(C)C(=O)OCCCCCCC1C=CC=C1. The van der Waals surface area contributed by atoms with Crippen LogP contribution < -0.4 is 0 Å². The summed E-state index contributed by atoms with van der Waals surface area (Å²) in [5.41, 5.74) is 3.53. The first-order valence-corrected chi connectivity index (χ1v) is 14.5. The lowest BCUT2D eigenvalue weighted by molar-refractivity contribution is -0.140. The van der Waals surface area contributed by atoms with Gasteiger partial charge in [-0.2, -0.15) is 0 Å². The first-order valence-electron chi connectivity index (χ1n) is 14.5. The quantitative estimate of drug-likeness (QED) is 0.115. The van der Waals surface area contributed by atoms with Crippen molar-refractivity contribution in [2.75, 3.05) is 13.2 Å². The van der Waals surface area contributed by atoms with Crippen molar-refractivity contribution >= 4 is 11.9 Å². The van der Waals surface area contributed by atoms with Gasteiger partial charge in [0.1, 0.15) is 0 Å². The van der Waals surface area contributed by atoms with E-state index in [1.165, 1.54) is 38.5 Å². The van der Waals surface area contributed by atoms with Gasteiger partial charge < -0.3 is 9.47 Å². The summed E-state index contributed by atoms with van der Waals surface area (Å²) in [5, 5.41) is 0. The molecule has 0 heterocycles. The summed E-state index contributed by atoms with van der Waals surface area (Å²) in [6.07, 6.45) is 29.1. The highest BCUT2D eigenvalue weighted by Crippen LogP contribution is 2.18. The molecule has 2 rings (SSSR count). The number of rotatable bonds is 16. The highest BCUT2D eigenvalue weighted by molar-refractivity contribution is 5.88. The van der Waals surface area contributed by atoms with Crippen molar-refractivity contribution in [2.45, 2.75) is 106 Å². The van der Waals surface area contributed by atoms with Crippen LogP contribution in [0.4, 0.5) is 0 Å². The van der Waals surface area contributed by atoms with Crippen LogP contribution in [-0.2, 0) is 19.1 Å². The van der Waals surface area contributed by atoms with Gasteiger partial charge in [0.05, 0.1) is 13.2 Å². The van der Waals surface area contributed by atoms with Gasteiger partial charge in [0, 0.05) is 11.1 Å². The van der Waals surface area contributed by atoms with Gasteiger partial charge in [-0.25, -0.2) is 9.59 Å². The van der Waals surface area contributed by atoms with Gasteiger partial charge in [-0.3, -0.25) is 0 Å². The lowest BCUT2D eigenvalue weighted by atomic mass is 10.0. The van der Waals surface area contributed by atoms with Crippen LogP contribution >= 0.6 is 0 Å². The van der Waals surface area contributed by atoms with Crippen LogP contribution in [-0.4, -0.2) is 25.2 Å². The van der Waals surface area contributed by atoms with Gasteiger partial charge in [0.25, 0.3) is 0 Å². The molecule has 0 aromatic rings. The normalized spacial score (nSPS) is 13.8. The first-order chi connectivity index (χ1) is 18.2. The maximum atomic E-state index is 11.6. The second kappa shape index (κ2) is 20.4. The number of hydrogen-bond donors (Lipinski definition) is 0. The zero-order chi connectivity index (χ0) is 28.2. The average Bonchev–Trinajstić information content (AvgIpc) is 3.61. The van der Waals surface area contributed by atoms with Crippen LogP contribution in [0.15, 0.2) is 70.9 Å². The van der Waals surface area contributed by atoms with Crippen molar-refractivity contribution in [1.29, 1.82) is 0 Å². The lowest BCUT2D eigenvalue weighted by Gasteiger charge is -2.07. The molecule has 212 valence electrons. The second-order valence-electron chi connectivity index (χ2n) is 10.8. The van der Waals surface area contributed by atoms with E-state index in [9.17, 15) is 9.59 Å². The molecule has 0 spiro atoms. The fraction of sp³-hybridized carbons (Fsp3) is 0.588. The summed E-state index contributed by atoms with van der Waals surface area (Å²) in [7, 11) is 0. The monoisotopic (exact) mass is 524 g/mol. The van der Waals surface area contributed by atoms with E-state index in [0.717, 1.165) is 48.0 Å². The molecule has 4 heteroatoms. The molecular formula is C34H52O4. The van der Waals surface area contributed by atoms with Crippen LogP contribution in [0.1, 0.15) is 106 Å². The minimum atomic E-state index is -0.166. The molecule has 0 aromatic carbocycles. The fourth-order valence-corrected chi connectivity index (χ4v) is 3.97. The maximum absolute atomic E-state index is 11.6. The van der Waals surface area contributed by atoms with Gasteiger partial charge in [0.2, 0.25) is 0 Å². The molecule has 0 saturated carbocycles. The number of ether oxygens (including phenoxy) is 2. The molecule has 2 aliphatic carbocycles. The number of carbonyl (C=O) groups excluding carboxylic acids is 2. The highest BCUT2D eigenvalue weighted by atomic mass is 16.5. The van der Waals surface area contributed by atoms with E-state index in [-0.39, 0.29) is 11.9 Å². The number of carbonyl (C=O) groups is 2. The summed E-state index contributed by atoms with van der Waals surface area (Å²) in [5.74, 6) is 0.971. The van der Waals surface area contributed by atoms with E-state index < -0.39 is 0 Å². The van der Waals surface area contributed by atoms with E-state index >= 15 is 0 Å². The zero-order valence-corrected chi connectivity index (χ0v) is 24.9. The molecule has 0 aromatic heterocycles. The Labute approximate surface area is 232 Å². The number of unbranched alkanes of at least 4 members (excludes halogenated alkanes) is 6. The Morgan fingerprint density at radius 1 is 0.500 bits per heavy atom. The molecule has 0 fully saturated rings. The molecule has 0 N–H and O–H groups in total. The Morgan fingerprint density at radius 2 is 0.816 bits per heavy atom. The molecule has 0 bridgehead atoms. The van der Waals surface area contributed by atoms with Crippen molar-refractivity contribution in [1.82, 2.24) is 0 Å². The lowest BCUT2D eigenvalue weighted by Crippen LogP contribution is -2.08. The zero-order valence-electron chi connectivity index (χ0n) is 24.9. The smallest absolute Gasteiger partial charge is 0.333 e. The summed E-state index contributed by atoms with van der Waals surface area (Å²) >= 11 is 0. The van der Waals surface area contributed by atoms with E-state index in [4.69, 9.17) is 9.47 Å². The van der Waals surface area contributed by atoms with Crippen LogP contribution in [0.2, 0.25) is 0 Å². The van der Waals surface area contributed by atoms with Gasteiger partial charge in [0.15, 0.2) is 0 Å². The third-order valence-electron chi connectivity index (χ3n) is 7.10. The van der Waals surface area contributed by atoms with Crippen LogP contribution in [0.25, 0.3) is 0 Å². The Balaban J connectivity index is 0.000000380. The number of esters is 2. The molecule has 38 heavy (non-hydrogen) atoms. The Hall–Kier alpha value is -2.62. The molecular weight excluding hydrogens is 472 g/mol. The van der Waals surface area contributed by atoms with Gasteiger partial charge >= 0.3 is 11.9 Å². The Bertz CT molecular complexity index is 791. The molecule has 2 aliphatic rings. The molecule has 0 unspecified atom stereocenters. The molecule has 0 amide bonds. The van der Waals surface area contributed by atoms with E-state index in [1.807, 2.05) is 41.5 Å². The molecule has 0 atom stereocenters. The topological polar surface area (TPSA) is 52.6 Å². The van der Waals surface area contributed by atoms with Gasteiger partial charge in [-0.1, -0.05) is 98.3 Å². The number of allylic oxidation sites excluding steroid dienone is 10. The molecule has 0 saturated heterocycles. The van der Waals surface area contributed by atoms with Crippen LogP contribution in [0.5, 0.6) is 0 Å². The highest BCUT2D eigenvalue weighted by Gasteiger charge is 2.08. The van der Waals surface area contributed by atoms with Crippen molar-refractivity contribution in [3.05, 3.63) is 70.9 Å². The van der Waals surface area contributed by atoms with Gasteiger partial charge in [-0.05, 0) is 79.1 Å². The minimum absolute atomic E-state index is 0.166. The predicted octanol–water partition coefficient (Wildman–Crippen LogP) is 9.16. The fourth-order valence-electron chi connectivity index (χ4n) is 3.97. The van der Waals surface area contributed by atoms with Crippen molar-refractivity contribution in [2.24, 2.45) is 11.8 Å². The number of hydrogen-bond acceptors (Lipinski definition) is 4. The predicted molar refractivity (Wildman–Crippen MR) is 160 cm³/mol. The largest absolute Gasteiger partial charge is 0.462 e. The third-order valence-corrected chi connectivity index (χ3v) is 7.10. The standard InChI is InChI=1S/2C17H26O2/c2*1-14(2)15(3)17(18)19-13-9-5-4-6-10-16-11-7-8-12-16/h2*7-8,11-12,16H,4-6,9-10,13H2,1-3H3. The minimum Gasteiger partial charge on any atom is -0.462 e. The molecule has 4 nitrogen and oxygen atoms in total. The second-order valence-corrected chi connectivity index (χ2v) is 10.8. The third kappa shape index (κ3) is 15.6. The van der Waals surface area contributed by atoms with Gasteiger partial charge in [-0.15, -0.1) is 0 Å². The summed E-state index contributed by atoms with van der Waals surface area (Å²) < 4.78 is 10.5. The van der Waals surface area contributed by atoms with Crippen molar-refractivity contribution in [3.63, 3.8) is 0 Å².